The normalized spacial score (nSPS) is 11.1. The summed E-state index contributed by atoms with van der Waals surface area (Å²) in [7, 11) is -0.648. The second-order valence-corrected chi connectivity index (χ2v) is 6.65. The number of rotatable bonds is 6. The van der Waals surface area contributed by atoms with Crippen LogP contribution in [0.3, 0.4) is 0 Å². The van der Waals surface area contributed by atoms with Crippen molar-refractivity contribution in [1.82, 2.24) is 9.62 Å². The summed E-state index contributed by atoms with van der Waals surface area (Å²) < 4.78 is 30.2. The predicted molar refractivity (Wildman–Crippen MR) is 69.2 cm³/mol. The highest BCUT2D eigenvalue weighted by molar-refractivity contribution is 7.91. The van der Waals surface area contributed by atoms with Crippen molar-refractivity contribution in [2.45, 2.75) is 4.21 Å². The van der Waals surface area contributed by atoms with Crippen LogP contribution in [0, 0.1) is 0 Å². The monoisotopic (exact) mass is 306 g/mol. The van der Waals surface area contributed by atoms with E-state index in [4.69, 9.17) is 0 Å². The van der Waals surface area contributed by atoms with E-state index >= 15 is 0 Å². The molecule has 1 amide bonds. The van der Waals surface area contributed by atoms with Crippen molar-refractivity contribution in [3.63, 3.8) is 0 Å². The van der Waals surface area contributed by atoms with Gasteiger partial charge < -0.3 is 9.64 Å². The van der Waals surface area contributed by atoms with Crippen LogP contribution in [0.4, 0.5) is 0 Å². The van der Waals surface area contributed by atoms with Crippen molar-refractivity contribution < 1.29 is 22.7 Å². The Bertz CT molecular complexity index is 536. The van der Waals surface area contributed by atoms with Crippen LogP contribution in [0.15, 0.2) is 21.7 Å². The van der Waals surface area contributed by atoms with Gasteiger partial charge in [0.2, 0.25) is 0 Å². The molecule has 1 aromatic heterocycles. The van der Waals surface area contributed by atoms with Crippen LogP contribution in [0.1, 0.15) is 0 Å². The Hall–Kier alpha value is -1.45. The van der Waals surface area contributed by atoms with Crippen LogP contribution >= 0.6 is 11.3 Å². The molecule has 0 aromatic carbocycles. The summed E-state index contributed by atoms with van der Waals surface area (Å²) in [6.45, 7) is -0.923. The standard InChI is InChI=1S/C10H14N2O5S2/c1-12(2)8(13)7-17-9(14)6-11-19(15,16)10-4-3-5-18-10/h3-5,11H,6-7H2,1-2H3. The van der Waals surface area contributed by atoms with Crippen LogP contribution in [0.2, 0.25) is 0 Å². The summed E-state index contributed by atoms with van der Waals surface area (Å²) in [5.41, 5.74) is 0. The zero-order chi connectivity index (χ0) is 14.5. The van der Waals surface area contributed by atoms with E-state index in [1.54, 1.807) is 11.4 Å². The Morgan fingerprint density at radius 3 is 2.63 bits per heavy atom. The van der Waals surface area contributed by atoms with Crippen molar-refractivity contribution in [3.8, 4) is 0 Å². The molecule has 19 heavy (non-hydrogen) atoms. The maximum absolute atomic E-state index is 11.7. The molecule has 0 radical (unpaired) electrons. The maximum atomic E-state index is 11.7. The summed E-state index contributed by atoms with van der Waals surface area (Å²) >= 11 is 1.04. The molecule has 0 bridgehead atoms. The molecule has 7 nitrogen and oxygen atoms in total. The van der Waals surface area contributed by atoms with Crippen LogP contribution in [0.25, 0.3) is 0 Å². The zero-order valence-electron chi connectivity index (χ0n) is 10.5. The fraction of sp³-hybridized carbons (Fsp3) is 0.400. The predicted octanol–water partition coefficient (Wildman–Crippen LogP) is -0.342. The fourth-order valence-corrected chi connectivity index (χ4v) is 2.97. The first-order valence-electron chi connectivity index (χ1n) is 5.22. The lowest BCUT2D eigenvalue weighted by atomic mass is 10.6. The molecule has 1 N–H and O–H groups in total. The molecular weight excluding hydrogens is 292 g/mol. The van der Waals surface area contributed by atoms with Crippen molar-refractivity contribution in [2.75, 3.05) is 27.2 Å². The Kier molecular flexibility index (Phi) is 5.45. The first-order chi connectivity index (χ1) is 8.83. The van der Waals surface area contributed by atoms with Crippen molar-refractivity contribution in [1.29, 1.82) is 0 Å². The number of hydrogen-bond acceptors (Lipinski definition) is 6. The quantitative estimate of drug-likeness (QED) is 0.726. The number of amides is 1. The third-order valence-electron chi connectivity index (χ3n) is 2.02. The van der Waals surface area contributed by atoms with Crippen molar-refractivity contribution in [3.05, 3.63) is 17.5 Å². The van der Waals surface area contributed by atoms with E-state index in [-0.39, 0.29) is 10.1 Å². The first kappa shape index (κ1) is 15.6. The van der Waals surface area contributed by atoms with Gasteiger partial charge in [-0.2, -0.15) is 4.72 Å². The minimum absolute atomic E-state index is 0.115. The summed E-state index contributed by atoms with van der Waals surface area (Å²) in [4.78, 5) is 23.7. The van der Waals surface area contributed by atoms with Gasteiger partial charge in [0.15, 0.2) is 6.61 Å². The number of thiophene rings is 1. The number of esters is 1. The Balaban J connectivity index is 2.41. The highest BCUT2D eigenvalue weighted by atomic mass is 32.2. The van der Waals surface area contributed by atoms with Gasteiger partial charge in [-0.25, -0.2) is 8.42 Å². The highest BCUT2D eigenvalue weighted by Gasteiger charge is 2.17. The molecule has 0 aliphatic heterocycles. The molecule has 106 valence electrons. The number of ether oxygens (including phenoxy) is 1. The summed E-state index contributed by atoms with van der Waals surface area (Å²) in [5, 5.41) is 1.61. The minimum Gasteiger partial charge on any atom is -0.455 e. The molecule has 0 aliphatic rings. The van der Waals surface area contributed by atoms with Gasteiger partial charge in [0.1, 0.15) is 10.8 Å². The lowest BCUT2D eigenvalue weighted by Gasteiger charge is -2.10. The number of hydrogen-bond donors (Lipinski definition) is 1. The van der Waals surface area contributed by atoms with E-state index in [0.29, 0.717) is 0 Å². The van der Waals surface area contributed by atoms with Gasteiger partial charge >= 0.3 is 5.97 Å². The average Bonchev–Trinajstić information content (AvgIpc) is 2.87. The molecule has 0 fully saturated rings. The summed E-state index contributed by atoms with van der Waals surface area (Å²) in [5.74, 6) is -1.19. The minimum atomic E-state index is -3.69. The van der Waals surface area contributed by atoms with Crippen molar-refractivity contribution >= 4 is 33.2 Å². The topological polar surface area (TPSA) is 92.8 Å². The molecule has 1 heterocycles. The molecule has 0 aliphatic carbocycles. The third kappa shape index (κ3) is 4.97. The smallest absolute Gasteiger partial charge is 0.321 e. The second-order valence-electron chi connectivity index (χ2n) is 3.71. The number of carbonyl (C=O) groups excluding carboxylic acids is 2. The Morgan fingerprint density at radius 2 is 2.11 bits per heavy atom. The van der Waals surface area contributed by atoms with Gasteiger partial charge in [0.25, 0.3) is 15.9 Å². The number of sulfonamides is 1. The molecule has 1 rings (SSSR count). The lowest BCUT2D eigenvalue weighted by Crippen LogP contribution is -2.33. The van der Waals surface area contributed by atoms with Crippen LogP contribution in [-0.2, 0) is 24.3 Å². The van der Waals surface area contributed by atoms with Gasteiger partial charge in [-0.3, -0.25) is 9.59 Å². The zero-order valence-corrected chi connectivity index (χ0v) is 12.1. The van der Waals surface area contributed by atoms with Gasteiger partial charge in [-0.05, 0) is 11.4 Å². The molecule has 1 aromatic rings. The molecule has 0 unspecified atom stereocenters. The van der Waals surface area contributed by atoms with Gasteiger partial charge in [0.05, 0.1) is 0 Å². The number of nitrogens with one attached hydrogen (secondary N) is 1. The van der Waals surface area contributed by atoms with E-state index < -0.39 is 29.1 Å². The molecule has 9 heteroatoms. The van der Waals surface area contributed by atoms with Crippen LogP contribution < -0.4 is 4.72 Å². The largest absolute Gasteiger partial charge is 0.455 e. The van der Waals surface area contributed by atoms with E-state index in [9.17, 15) is 18.0 Å². The number of nitrogens with zero attached hydrogens (tertiary/aromatic N) is 1. The van der Waals surface area contributed by atoms with Crippen LogP contribution in [-0.4, -0.2) is 52.4 Å². The molecule has 0 atom stereocenters. The molecule has 0 spiro atoms. The molecule has 0 saturated carbocycles. The lowest BCUT2D eigenvalue weighted by molar-refractivity contribution is -0.149. The fourth-order valence-electron chi connectivity index (χ4n) is 0.964. The van der Waals surface area contributed by atoms with E-state index in [1.807, 2.05) is 0 Å². The van der Waals surface area contributed by atoms with Gasteiger partial charge in [-0.15, -0.1) is 11.3 Å². The number of carbonyl (C=O) groups is 2. The number of likely N-dealkylation sites (N-methyl/N-ethyl adjacent to an activating group) is 1. The third-order valence-corrected chi connectivity index (χ3v) is 4.82. The Morgan fingerprint density at radius 1 is 1.42 bits per heavy atom. The maximum Gasteiger partial charge on any atom is 0.321 e. The SMILES string of the molecule is CN(C)C(=O)COC(=O)CNS(=O)(=O)c1cccs1. The van der Waals surface area contributed by atoms with Crippen molar-refractivity contribution in [2.24, 2.45) is 0 Å². The summed E-state index contributed by atoms with van der Waals surface area (Å²) in [6.07, 6.45) is 0. The van der Waals surface area contributed by atoms with E-state index in [0.717, 1.165) is 11.3 Å². The van der Waals surface area contributed by atoms with E-state index in [1.165, 1.54) is 25.1 Å². The first-order valence-corrected chi connectivity index (χ1v) is 7.58. The van der Waals surface area contributed by atoms with Gasteiger partial charge in [-0.1, -0.05) is 6.07 Å². The summed E-state index contributed by atoms with van der Waals surface area (Å²) in [6, 6.07) is 3.02. The Labute approximate surface area is 115 Å². The van der Waals surface area contributed by atoms with Crippen LogP contribution in [0.5, 0.6) is 0 Å². The molecular formula is C10H14N2O5S2. The molecule has 0 saturated heterocycles. The average molecular weight is 306 g/mol. The van der Waals surface area contributed by atoms with Gasteiger partial charge in [0, 0.05) is 14.1 Å². The second kappa shape index (κ2) is 6.64. The van der Waals surface area contributed by atoms with E-state index in [2.05, 4.69) is 9.46 Å². The highest BCUT2D eigenvalue weighted by Crippen LogP contribution is 2.14.